The summed E-state index contributed by atoms with van der Waals surface area (Å²) < 4.78 is 0. The fourth-order valence-electron chi connectivity index (χ4n) is 3.76. The van der Waals surface area contributed by atoms with E-state index in [1.807, 2.05) is 0 Å². The number of unbranched alkanes of at least 4 members (excludes halogenated alkanes) is 1. The maximum absolute atomic E-state index is 11.9. The highest BCUT2D eigenvalue weighted by molar-refractivity contribution is 8.13. The Morgan fingerprint density at radius 3 is 2.77 bits per heavy atom. The molecule has 0 aromatic rings. The number of likely N-dealkylation sites (tertiary alicyclic amines) is 1. The van der Waals surface area contributed by atoms with Crippen molar-refractivity contribution < 1.29 is 9.90 Å². The molecule has 2 rings (SSSR count). The maximum Gasteiger partial charge on any atom is 0.188 e. The van der Waals surface area contributed by atoms with E-state index in [1.54, 1.807) is 0 Å². The molecule has 0 radical (unpaired) electrons. The van der Waals surface area contributed by atoms with Crippen LogP contribution in [0.15, 0.2) is 61.2 Å². The molecule has 1 aliphatic carbocycles. The molecule has 2 unspecified atom stereocenters. The van der Waals surface area contributed by atoms with Crippen LogP contribution >= 0.6 is 21.0 Å². The number of carbonyl (C=O) groups excluding carboxylic acids is 1. The molecule has 6 heteroatoms. The SMILES string of the molecule is C=C(NCCC1=CCCC=C1)C1CCCN1C(=C)CCSC(=O)CCCCP.C=CO. The molecule has 0 aromatic carbocycles. The number of allylic oxidation sites excluding steroid dienone is 4. The quantitative estimate of drug-likeness (QED) is 0.195. The zero-order chi connectivity index (χ0) is 22.9. The number of rotatable bonds is 13. The van der Waals surface area contributed by atoms with E-state index >= 15 is 0 Å². The monoisotopic (exact) mass is 464 g/mol. The van der Waals surface area contributed by atoms with Crippen LogP contribution in [-0.2, 0) is 4.79 Å². The van der Waals surface area contributed by atoms with E-state index in [9.17, 15) is 4.79 Å². The van der Waals surface area contributed by atoms with Gasteiger partial charge >= 0.3 is 0 Å². The van der Waals surface area contributed by atoms with Gasteiger partial charge in [-0.2, -0.15) is 0 Å². The van der Waals surface area contributed by atoms with E-state index in [0.29, 0.717) is 17.6 Å². The Bertz CT molecular complexity index is 645. The number of aliphatic hydroxyl groups excluding tert-OH is 1. The van der Waals surface area contributed by atoms with Crippen LogP contribution in [-0.4, -0.2) is 46.2 Å². The van der Waals surface area contributed by atoms with Crippen LogP contribution < -0.4 is 5.32 Å². The molecule has 1 saturated heterocycles. The molecule has 0 bridgehead atoms. The molecule has 1 aliphatic heterocycles. The molecule has 0 spiro atoms. The Kier molecular flexibility index (Phi) is 15.3. The molecule has 1 fully saturated rings. The van der Waals surface area contributed by atoms with E-state index < -0.39 is 0 Å². The second kappa shape index (κ2) is 17.1. The van der Waals surface area contributed by atoms with Crippen molar-refractivity contribution in [2.24, 2.45) is 0 Å². The van der Waals surface area contributed by atoms with E-state index in [4.69, 9.17) is 5.11 Å². The first kappa shape index (κ1) is 27.6. The van der Waals surface area contributed by atoms with Crippen LogP contribution in [0, 0.1) is 0 Å². The summed E-state index contributed by atoms with van der Waals surface area (Å²) in [4.78, 5) is 14.3. The zero-order valence-corrected chi connectivity index (χ0v) is 21.0. The minimum absolute atomic E-state index is 0.321. The second-order valence-electron chi connectivity index (χ2n) is 7.78. The molecule has 4 nitrogen and oxygen atoms in total. The van der Waals surface area contributed by atoms with Crippen LogP contribution in [0.3, 0.4) is 0 Å². The molecule has 0 amide bonds. The Morgan fingerprint density at radius 2 is 2.10 bits per heavy atom. The standard InChI is InChI=1S/C23H37N2OPS.C2H4O/c1-19(14-18-28-23(26)12-6-7-17-27)25-16-8-11-22(25)20(2)24-15-13-21-9-4-3-5-10-21;1-2-3/h4,9-10,22,24H,1-3,5-8,11-18,27H2;2-3H,1H2. The lowest BCUT2D eigenvalue weighted by Crippen LogP contribution is -2.35. The lowest BCUT2D eigenvalue weighted by molar-refractivity contribution is -0.111. The maximum atomic E-state index is 11.9. The highest BCUT2D eigenvalue weighted by Gasteiger charge is 2.27. The smallest absolute Gasteiger partial charge is 0.188 e. The third-order valence-corrected chi connectivity index (χ3v) is 6.73. The average molecular weight is 465 g/mol. The summed E-state index contributed by atoms with van der Waals surface area (Å²) in [7, 11) is 2.72. The number of thioether (sulfide) groups is 1. The van der Waals surface area contributed by atoms with Gasteiger partial charge < -0.3 is 15.3 Å². The predicted molar refractivity (Wildman–Crippen MR) is 140 cm³/mol. The van der Waals surface area contributed by atoms with Gasteiger partial charge in [-0.15, -0.1) is 9.24 Å². The third-order valence-electron chi connectivity index (χ3n) is 5.39. The first-order valence-electron chi connectivity index (χ1n) is 11.4. The Balaban J connectivity index is 0.00000151. The van der Waals surface area contributed by atoms with Crippen LogP contribution in [0.2, 0.25) is 0 Å². The van der Waals surface area contributed by atoms with Crippen LogP contribution in [0.4, 0.5) is 0 Å². The molecular formula is C25H41N2O2PS. The number of nitrogens with one attached hydrogen (secondary N) is 1. The number of hydrogen-bond donors (Lipinski definition) is 2. The molecule has 31 heavy (non-hydrogen) atoms. The summed E-state index contributed by atoms with van der Waals surface area (Å²) in [5.74, 6) is 0.835. The van der Waals surface area contributed by atoms with Crippen molar-refractivity contribution in [1.82, 2.24) is 10.2 Å². The molecule has 2 N–H and O–H groups in total. The van der Waals surface area contributed by atoms with Crippen molar-refractivity contribution in [2.45, 2.75) is 63.8 Å². The van der Waals surface area contributed by atoms with Gasteiger partial charge in [0.05, 0.1) is 12.3 Å². The highest BCUT2D eigenvalue weighted by atomic mass is 32.2. The number of aliphatic hydroxyl groups is 1. The minimum atomic E-state index is 0.321. The predicted octanol–water partition coefficient (Wildman–Crippen LogP) is 6.12. The third kappa shape index (κ3) is 11.7. The van der Waals surface area contributed by atoms with Gasteiger partial charge in [-0.3, -0.25) is 4.79 Å². The zero-order valence-electron chi connectivity index (χ0n) is 19.0. The topological polar surface area (TPSA) is 52.6 Å². The molecular weight excluding hydrogens is 423 g/mol. The van der Waals surface area contributed by atoms with Crippen LogP contribution in [0.25, 0.3) is 0 Å². The number of carbonyl (C=O) groups is 1. The van der Waals surface area contributed by atoms with Crippen LogP contribution in [0.5, 0.6) is 0 Å². The Labute approximate surface area is 196 Å². The summed E-state index contributed by atoms with van der Waals surface area (Å²) in [5, 5.41) is 11.2. The Morgan fingerprint density at radius 1 is 1.32 bits per heavy atom. The molecule has 0 aromatic heterocycles. The Hall–Kier alpha value is -1.45. The summed E-state index contributed by atoms with van der Waals surface area (Å²) in [6, 6.07) is 0.339. The van der Waals surface area contributed by atoms with Gasteiger partial charge in [-0.05, 0) is 57.5 Å². The summed E-state index contributed by atoms with van der Waals surface area (Å²) in [6.45, 7) is 13.5. The largest absolute Gasteiger partial charge is 0.516 e. The van der Waals surface area contributed by atoms with Crippen molar-refractivity contribution in [3.05, 3.63) is 61.2 Å². The highest BCUT2D eigenvalue weighted by Crippen LogP contribution is 2.27. The van der Waals surface area contributed by atoms with Gasteiger partial charge in [0, 0.05) is 36.7 Å². The van der Waals surface area contributed by atoms with Crippen LogP contribution in [0.1, 0.15) is 57.8 Å². The lowest BCUT2D eigenvalue weighted by atomic mass is 10.0. The minimum Gasteiger partial charge on any atom is -0.516 e. The molecule has 2 atom stereocenters. The summed E-state index contributed by atoms with van der Waals surface area (Å²) in [6.07, 6.45) is 18.1. The molecule has 174 valence electrons. The van der Waals surface area contributed by atoms with E-state index in [0.717, 1.165) is 74.8 Å². The van der Waals surface area contributed by atoms with Gasteiger partial charge in [-0.1, -0.05) is 55.3 Å². The van der Waals surface area contributed by atoms with Crippen molar-refractivity contribution in [3.8, 4) is 0 Å². The van der Waals surface area contributed by atoms with Gasteiger partial charge in [0.2, 0.25) is 0 Å². The van der Waals surface area contributed by atoms with E-state index in [1.165, 1.54) is 36.6 Å². The van der Waals surface area contributed by atoms with Gasteiger partial charge in [-0.25, -0.2) is 0 Å². The average Bonchev–Trinajstić information content (AvgIpc) is 3.25. The first-order chi connectivity index (χ1) is 15.0. The van der Waals surface area contributed by atoms with Gasteiger partial charge in [0.25, 0.3) is 0 Å². The fourth-order valence-corrected chi connectivity index (χ4v) is 4.90. The molecule has 0 saturated carbocycles. The lowest BCUT2D eigenvalue weighted by Gasteiger charge is -2.30. The van der Waals surface area contributed by atoms with Crippen molar-refractivity contribution in [3.63, 3.8) is 0 Å². The van der Waals surface area contributed by atoms with Crippen molar-refractivity contribution >= 4 is 26.1 Å². The van der Waals surface area contributed by atoms with Gasteiger partial charge in [0.1, 0.15) is 0 Å². The van der Waals surface area contributed by atoms with E-state index in [-0.39, 0.29) is 0 Å². The summed E-state index contributed by atoms with van der Waals surface area (Å²) in [5.41, 5.74) is 3.69. The second-order valence-corrected chi connectivity index (χ2v) is 9.51. The normalized spacial score (nSPS) is 17.4. The number of nitrogens with zero attached hydrogens (tertiary/aromatic N) is 1. The van der Waals surface area contributed by atoms with Gasteiger partial charge in [0.15, 0.2) is 5.12 Å². The fraction of sp³-hybridized carbons (Fsp3) is 0.560. The van der Waals surface area contributed by atoms with E-state index in [2.05, 4.69) is 57.4 Å². The summed E-state index contributed by atoms with van der Waals surface area (Å²) >= 11 is 1.47. The first-order valence-corrected chi connectivity index (χ1v) is 13.2. The molecule has 1 heterocycles. The number of hydrogen-bond acceptors (Lipinski definition) is 5. The van der Waals surface area contributed by atoms with Crippen molar-refractivity contribution in [1.29, 1.82) is 0 Å². The van der Waals surface area contributed by atoms with Crippen molar-refractivity contribution in [2.75, 3.05) is 25.0 Å². The molecule has 2 aliphatic rings.